The third kappa shape index (κ3) is 7.08. The summed E-state index contributed by atoms with van der Waals surface area (Å²) in [6, 6.07) is 13.0. The Morgan fingerprint density at radius 3 is 2.20 bits per heavy atom. The molecule has 0 aliphatic heterocycles. The Morgan fingerprint density at radius 2 is 1.63 bits per heavy atom. The number of benzene rings is 2. The highest BCUT2D eigenvalue weighted by Crippen LogP contribution is 2.56. The maximum atomic E-state index is 12.4. The predicted molar refractivity (Wildman–Crippen MR) is 136 cm³/mol. The third-order valence-corrected chi connectivity index (χ3v) is 6.62. The van der Waals surface area contributed by atoms with E-state index in [4.69, 9.17) is 14.2 Å². The number of anilines is 2. The van der Waals surface area contributed by atoms with Crippen LogP contribution >= 0.6 is 15.9 Å². The largest absolute Gasteiger partial charge is 0.462 e. The molecule has 0 unspecified atom stereocenters. The number of hydrogen-bond acceptors (Lipinski definition) is 7. The molecular formula is C26H29BrN2O6. The number of hydrogen-bond donors (Lipinski definition) is 2. The summed E-state index contributed by atoms with van der Waals surface area (Å²) in [5.74, 6) is -1.57. The van der Waals surface area contributed by atoms with Gasteiger partial charge in [-0.25, -0.2) is 14.4 Å². The van der Waals surface area contributed by atoms with E-state index in [1.165, 1.54) is 6.20 Å². The van der Waals surface area contributed by atoms with Crippen LogP contribution in [0.5, 0.6) is 0 Å². The zero-order chi connectivity index (χ0) is 25.4. The van der Waals surface area contributed by atoms with Gasteiger partial charge in [0.1, 0.15) is 6.61 Å². The number of carbonyl (C=O) groups is 3. The average molecular weight is 545 g/mol. The van der Waals surface area contributed by atoms with Crippen molar-refractivity contribution in [2.45, 2.75) is 44.5 Å². The van der Waals surface area contributed by atoms with Crippen LogP contribution in [0.25, 0.3) is 0 Å². The molecule has 2 N–H and O–H groups in total. The smallest absolute Gasteiger partial charge is 0.411 e. The van der Waals surface area contributed by atoms with Crippen molar-refractivity contribution in [2.75, 3.05) is 23.8 Å². The number of rotatable bonds is 10. The first-order valence-corrected chi connectivity index (χ1v) is 12.2. The van der Waals surface area contributed by atoms with Gasteiger partial charge >= 0.3 is 18.0 Å². The lowest BCUT2D eigenvalue weighted by molar-refractivity contribution is -0.146. The second-order valence-electron chi connectivity index (χ2n) is 7.99. The minimum atomic E-state index is -0.783. The molecule has 0 atom stereocenters. The van der Waals surface area contributed by atoms with Crippen molar-refractivity contribution in [1.29, 1.82) is 0 Å². The van der Waals surface area contributed by atoms with E-state index in [9.17, 15) is 14.4 Å². The summed E-state index contributed by atoms with van der Waals surface area (Å²) in [4.78, 5) is 37.0. The van der Waals surface area contributed by atoms with Crippen LogP contribution in [0.2, 0.25) is 0 Å². The Hall–Kier alpha value is -3.33. The van der Waals surface area contributed by atoms with Crippen LogP contribution in [0.3, 0.4) is 0 Å². The second kappa shape index (κ2) is 11.9. The minimum Gasteiger partial charge on any atom is -0.462 e. The zero-order valence-corrected chi connectivity index (χ0v) is 21.6. The molecule has 1 saturated carbocycles. The van der Waals surface area contributed by atoms with Gasteiger partial charge in [0.05, 0.1) is 17.5 Å². The number of alkyl halides is 1. The monoisotopic (exact) mass is 544 g/mol. The zero-order valence-electron chi connectivity index (χ0n) is 20.0. The highest BCUT2D eigenvalue weighted by Gasteiger charge is 2.43. The standard InChI is InChI=1S/C26H29BrN2O6/c1-4-33-23(30)20(24(31)34-5-2)15-28-22-14-19(13-21(17(22)3)26(27)11-12-26)29-25(32)35-16-18-9-7-6-8-10-18/h6-10,13-15,28H,4-5,11-12,16H2,1-3H3,(H,29,32). The van der Waals surface area contributed by atoms with Crippen molar-refractivity contribution in [3.63, 3.8) is 0 Å². The Bertz CT molecular complexity index is 1090. The molecule has 2 aromatic rings. The van der Waals surface area contributed by atoms with Gasteiger partial charge in [0.2, 0.25) is 0 Å². The molecule has 1 fully saturated rings. The first kappa shape index (κ1) is 26.3. The fourth-order valence-corrected chi connectivity index (χ4v) is 4.04. The Labute approximate surface area is 213 Å². The van der Waals surface area contributed by atoms with Gasteiger partial charge in [-0.05, 0) is 62.4 Å². The molecule has 2 aromatic carbocycles. The summed E-state index contributed by atoms with van der Waals surface area (Å²) in [6.07, 6.45) is 2.57. The van der Waals surface area contributed by atoms with Gasteiger partial charge in [-0.1, -0.05) is 46.3 Å². The van der Waals surface area contributed by atoms with Crippen molar-refractivity contribution in [3.8, 4) is 0 Å². The van der Waals surface area contributed by atoms with E-state index in [0.717, 1.165) is 29.5 Å². The summed E-state index contributed by atoms with van der Waals surface area (Å²) in [6.45, 7) is 5.62. The SMILES string of the molecule is CCOC(=O)C(=CNc1cc(NC(=O)OCc2ccccc2)cc(C2(Br)CC2)c1C)C(=O)OCC. The van der Waals surface area contributed by atoms with E-state index in [1.807, 2.05) is 43.3 Å². The summed E-state index contributed by atoms with van der Waals surface area (Å²) in [5.41, 5.74) is 3.64. The highest BCUT2D eigenvalue weighted by molar-refractivity contribution is 9.09. The van der Waals surface area contributed by atoms with E-state index in [2.05, 4.69) is 26.6 Å². The van der Waals surface area contributed by atoms with Gasteiger partial charge in [0, 0.05) is 17.6 Å². The second-order valence-corrected chi connectivity index (χ2v) is 9.51. The molecule has 8 nitrogen and oxygen atoms in total. The lowest BCUT2D eigenvalue weighted by Gasteiger charge is -2.18. The van der Waals surface area contributed by atoms with E-state index in [-0.39, 0.29) is 29.7 Å². The van der Waals surface area contributed by atoms with Gasteiger partial charge in [-0.2, -0.15) is 0 Å². The van der Waals surface area contributed by atoms with Crippen molar-refractivity contribution in [1.82, 2.24) is 0 Å². The van der Waals surface area contributed by atoms with E-state index in [1.54, 1.807) is 19.9 Å². The molecule has 35 heavy (non-hydrogen) atoms. The maximum Gasteiger partial charge on any atom is 0.411 e. The van der Waals surface area contributed by atoms with Crippen LogP contribution in [0.1, 0.15) is 43.4 Å². The number of amides is 1. The Morgan fingerprint density at radius 1 is 1.00 bits per heavy atom. The quantitative estimate of drug-likeness (QED) is 0.101. The van der Waals surface area contributed by atoms with Crippen LogP contribution in [0, 0.1) is 6.92 Å². The first-order chi connectivity index (χ1) is 16.8. The summed E-state index contributed by atoms with van der Waals surface area (Å²) < 4.78 is 15.1. The number of ether oxygens (including phenoxy) is 3. The number of carbonyl (C=O) groups excluding carboxylic acids is 3. The molecule has 9 heteroatoms. The van der Waals surface area contributed by atoms with Gasteiger partial charge in [0.15, 0.2) is 5.57 Å². The van der Waals surface area contributed by atoms with E-state index >= 15 is 0 Å². The number of halogens is 1. The van der Waals surface area contributed by atoms with Crippen LogP contribution in [0.15, 0.2) is 54.2 Å². The van der Waals surface area contributed by atoms with Crippen molar-refractivity contribution < 1.29 is 28.6 Å². The van der Waals surface area contributed by atoms with Crippen LogP contribution in [-0.2, 0) is 34.7 Å². The first-order valence-electron chi connectivity index (χ1n) is 11.4. The highest BCUT2D eigenvalue weighted by atomic mass is 79.9. The predicted octanol–water partition coefficient (Wildman–Crippen LogP) is 5.55. The summed E-state index contributed by atoms with van der Waals surface area (Å²) in [5, 5.41) is 5.79. The normalized spacial score (nSPS) is 13.3. The molecule has 0 bridgehead atoms. The molecule has 0 radical (unpaired) electrons. The fraction of sp³-hybridized carbons (Fsp3) is 0.346. The summed E-state index contributed by atoms with van der Waals surface area (Å²) >= 11 is 3.78. The van der Waals surface area contributed by atoms with Crippen molar-refractivity contribution >= 4 is 45.3 Å². The molecule has 1 aliphatic rings. The van der Waals surface area contributed by atoms with Gasteiger partial charge < -0.3 is 19.5 Å². The third-order valence-electron chi connectivity index (χ3n) is 5.40. The minimum absolute atomic E-state index is 0.120. The Balaban J connectivity index is 1.84. The molecule has 186 valence electrons. The summed E-state index contributed by atoms with van der Waals surface area (Å²) in [7, 11) is 0. The van der Waals surface area contributed by atoms with Gasteiger partial charge in [0.25, 0.3) is 0 Å². The lowest BCUT2D eigenvalue weighted by atomic mass is 10.0. The van der Waals surface area contributed by atoms with Crippen LogP contribution < -0.4 is 10.6 Å². The molecular weight excluding hydrogens is 516 g/mol. The average Bonchev–Trinajstić information content (AvgIpc) is 3.58. The van der Waals surface area contributed by atoms with Crippen molar-refractivity contribution in [2.24, 2.45) is 0 Å². The topological polar surface area (TPSA) is 103 Å². The van der Waals surface area contributed by atoms with Gasteiger partial charge in [-0.15, -0.1) is 0 Å². The molecule has 0 aromatic heterocycles. The Kier molecular flexibility index (Phi) is 8.92. The van der Waals surface area contributed by atoms with E-state index < -0.39 is 18.0 Å². The lowest BCUT2D eigenvalue weighted by Crippen LogP contribution is -2.20. The number of esters is 2. The van der Waals surface area contributed by atoms with Gasteiger partial charge in [-0.3, -0.25) is 5.32 Å². The molecule has 0 spiro atoms. The fourth-order valence-electron chi connectivity index (χ4n) is 3.43. The molecule has 0 heterocycles. The molecule has 1 aliphatic carbocycles. The maximum absolute atomic E-state index is 12.4. The molecule has 0 saturated heterocycles. The number of nitrogens with one attached hydrogen (secondary N) is 2. The van der Waals surface area contributed by atoms with Crippen molar-refractivity contribution in [3.05, 3.63) is 70.9 Å². The molecule has 3 rings (SSSR count). The van der Waals surface area contributed by atoms with E-state index in [0.29, 0.717) is 11.4 Å². The molecule has 1 amide bonds. The van der Waals surface area contributed by atoms with Crippen LogP contribution in [-0.4, -0.2) is 31.2 Å². The van der Waals surface area contributed by atoms with Crippen LogP contribution in [0.4, 0.5) is 16.2 Å².